The second-order valence-corrected chi connectivity index (χ2v) is 4.97. The minimum atomic E-state index is -0.168. The lowest BCUT2D eigenvalue weighted by molar-refractivity contribution is -0.114. The van der Waals surface area contributed by atoms with Crippen molar-refractivity contribution in [3.05, 3.63) is 41.7 Å². The maximum Gasteiger partial charge on any atom is 0.222 e. The largest absolute Gasteiger partial charge is 0.353 e. The average Bonchev–Trinajstić information content (AvgIpc) is 2.92. The number of aromatic amines is 1. The molecule has 0 aliphatic carbocycles. The van der Waals surface area contributed by atoms with Crippen LogP contribution in [0.3, 0.4) is 0 Å². The molecule has 122 valence electrons. The second-order valence-electron chi connectivity index (χ2n) is 4.97. The van der Waals surface area contributed by atoms with Gasteiger partial charge in [-0.05, 0) is 25.1 Å². The highest BCUT2D eigenvalue weighted by Crippen LogP contribution is 2.29. The number of aryl methyl sites for hydroxylation is 1. The summed E-state index contributed by atoms with van der Waals surface area (Å²) in [6.45, 7) is 7.40. The van der Waals surface area contributed by atoms with E-state index in [1.165, 1.54) is 6.92 Å². The van der Waals surface area contributed by atoms with Gasteiger partial charge in [-0.3, -0.25) is 9.78 Å². The van der Waals surface area contributed by atoms with Gasteiger partial charge in [0.1, 0.15) is 11.9 Å². The van der Waals surface area contributed by atoms with Gasteiger partial charge in [-0.15, -0.1) is 0 Å². The molecule has 0 unspecified atom stereocenters. The molecule has 0 aliphatic heterocycles. The summed E-state index contributed by atoms with van der Waals surface area (Å²) in [6, 6.07) is 7.50. The van der Waals surface area contributed by atoms with Gasteiger partial charge in [0.15, 0.2) is 0 Å². The Hall–Kier alpha value is -3.20. The number of anilines is 1. The third-order valence-corrected chi connectivity index (χ3v) is 3.36. The summed E-state index contributed by atoms with van der Waals surface area (Å²) in [5.74, 6) is 0.326. The highest BCUT2D eigenvalue weighted by atomic mass is 16.1. The summed E-state index contributed by atoms with van der Waals surface area (Å²) in [7, 11) is 0. The van der Waals surface area contributed by atoms with Crippen LogP contribution in [0.1, 0.15) is 31.9 Å². The number of nitrogens with one attached hydrogen (secondary N) is 2. The molecule has 0 bridgehead atoms. The number of hydrogen-bond acceptors (Lipinski definition) is 4. The van der Waals surface area contributed by atoms with Crippen LogP contribution in [0, 0.1) is 18.3 Å². The van der Waals surface area contributed by atoms with Crippen molar-refractivity contribution in [1.82, 2.24) is 15.0 Å². The second kappa shape index (κ2) is 7.38. The van der Waals surface area contributed by atoms with E-state index >= 15 is 0 Å². The molecule has 3 heterocycles. The molecule has 3 aromatic rings. The van der Waals surface area contributed by atoms with Crippen LogP contribution < -0.4 is 5.32 Å². The van der Waals surface area contributed by atoms with E-state index < -0.39 is 0 Å². The van der Waals surface area contributed by atoms with Gasteiger partial charge in [-0.1, -0.05) is 13.8 Å². The molecule has 0 aliphatic rings. The standard InChI is InChI=1S/C16H13N5O.C2H6/c1-9-15(12-3-4-18-14(6-12)20-10(2)22)21-13-5-11(7-17)8-19-16(9)13;1-2/h3-6,8,21H,1-2H3,(H,18,20,22);1-2H3. The van der Waals surface area contributed by atoms with E-state index in [1.807, 2.05) is 26.8 Å². The quantitative estimate of drug-likeness (QED) is 0.750. The zero-order valence-corrected chi connectivity index (χ0v) is 14.1. The van der Waals surface area contributed by atoms with E-state index in [4.69, 9.17) is 5.26 Å². The van der Waals surface area contributed by atoms with Crippen molar-refractivity contribution in [1.29, 1.82) is 5.26 Å². The molecule has 3 rings (SSSR count). The molecule has 0 spiro atoms. The fourth-order valence-electron chi connectivity index (χ4n) is 2.39. The lowest BCUT2D eigenvalue weighted by Crippen LogP contribution is -2.07. The first-order valence-corrected chi connectivity index (χ1v) is 7.71. The van der Waals surface area contributed by atoms with Crippen LogP contribution in [0.4, 0.5) is 5.82 Å². The Morgan fingerprint density at radius 3 is 2.71 bits per heavy atom. The van der Waals surface area contributed by atoms with E-state index in [0.29, 0.717) is 11.4 Å². The number of carbonyl (C=O) groups excluding carboxylic acids is 1. The van der Waals surface area contributed by atoms with Gasteiger partial charge in [0.2, 0.25) is 5.91 Å². The van der Waals surface area contributed by atoms with Crippen molar-refractivity contribution in [3.8, 4) is 17.3 Å². The summed E-state index contributed by atoms with van der Waals surface area (Å²) in [5, 5.41) is 11.6. The summed E-state index contributed by atoms with van der Waals surface area (Å²) in [6.07, 6.45) is 3.20. The number of carbonyl (C=O) groups is 1. The van der Waals surface area contributed by atoms with Gasteiger partial charge in [0.05, 0.1) is 22.3 Å². The number of H-pyrrole nitrogens is 1. The molecule has 0 saturated carbocycles. The maximum absolute atomic E-state index is 11.1. The van der Waals surface area contributed by atoms with Crippen molar-refractivity contribution in [2.24, 2.45) is 0 Å². The lowest BCUT2D eigenvalue weighted by atomic mass is 10.1. The average molecular weight is 321 g/mol. The van der Waals surface area contributed by atoms with Crippen LogP contribution in [0.5, 0.6) is 0 Å². The zero-order chi connectivity index (χ0) is 17.7. The molecule has 6 heteroatoms. The fraction of sp³-hybridized carbons (Fsp3) is 0.222. The van der Waals surface area contributed by atoms with Gasteiger partial charge >= 0.3 is 0 Å². The van der Waals surface area contributed by atoms with Gasteiger partial charge in [-0.25, -0.2) is 4.98 Å². The van der Waals surface area contributed by atoms with Crippen molar-refractivity contribution in [2.75, 3.05) is 5.32 Å². The predicted molar refractivity (Wildman–Crippen MR) is 94.4 cm³/mol. The Morgan fingerprint density at radius 2 is 2.04 bits per heavy atom. The van der Waals surface area contributed by atoms with E-state index in [2.05, 4.69) is 26.3 Å². The maximum atomic E-state index is 11.1. The van der Waals surface area contributed by atoms with Crippen molar-refractivity contribution < 1.29 is 4.79 Å². The molecule has 6 nitrogen and oxygen atoms in total. The molecule has 2 N–H and O–H groups in total. The molecule has 1 amide bonds. The first kappa shape index (κ1) is 17.2. The minimum absolute atomic E-state index is 0.168. The summed E-state index contributed by atoms with van der Waals surface area (Å²) >= 11 is 0. The van der Waals surface area contributed by atoms with Crippen LogP contribution in [0.25, 0.3) is 22.3 Å². The first-order valence-electron chi connectivity index (χ1n) is 7.71. The molecule has 0 saturated heterocycles. The number of amides is 1. The normalized spacial score (nSPS) is 9.79. The first-order chi connectivity index (χ1) is 11.6. The molecule has 0 aromatic carbocycles. The number of hydrogen-bond donors (Lipinski definition) is 2. The van der Waals surface area contributed by atoms with E-state index in [-0.39, 0.29) is 5.91 Å². The Balaban J connectivity index is 0.00000100. The monoisotopic (exact) mass is 321 g/mol. The molecular formula is C18H19N5O. The van der Waals surface area contributed by atoms with Crippen LogP contribution in [-0.4, -0.2) is 20.9 Å². The Bertz CT molecular complexity index is 921. The molecular weight excluding hydrogens is 302 g/mol. The smallest absolute Gasteiger partial charge is 0.222 e. The molecule has 0 atom stereocenters. The highest BCUT2D eigenvalue weighted by molar-refractivity contribution is 5.90. The van der Waals surface area contributed by atoms with Gasteiger partial charge < -0.3 is 10.3 Å². The van der Waals surface area contributed by atoms with Crippen molar-refractivity contribution >= 4 is 22.8 Å². The Morgan fingerprint density at radius 1 is 1.29 bits per heavy atom. The number of fused-ring (bicyclic) bond motifs is 1. The van der Waals surface area contributed by atoms with E-state index in [0.717, 1.165) is 27.9 Å². The van der Waals surface area contributed by atoms with Crippen LogP contribution in [0.2, 0.25) is 0 Å². The Kier molecular flexibility index (Phi) is 5.27. The third kappa shape index (κ3) is 3.41. The van der Waals surface area contributed by atoms with Crippen LogP contribution in [0.15, 0.2) is 30.6 Å². The summed E-state index contributed by atoms with van der Waals surface area (Å²) in [4.78, 5) is 22.9. The number of nitrogens with zero attached hydrogens (tertiary/aromatic N) is 3. The van der Waals surface area contributed by atoms with Gasteiger partial charge in [0.25, 0.3) is 0 Å². The molecule has 24 heavy (non-hydrogen) atoms. The Labute approximate surface area is 140 Å². The number of pyridine rings is 2. The van der Waals surface area contributed by atoms with Crippen LogP contribution >= 0.6 is 0 Å². The lowest BCUT2D eigenvalue weighted by Gasteiger charge is -2.04. The minimum Gasteiger partial charge on any atom is -0.353 e. The fourth-order valence-corrected chi connectivity index (χ4v) is 2.39. The van der Waals surface area contributed by atoms with Gasteiger partial charge in [0, 0.05) is 30.4 Å². The highest BCUT2D eigenvalue weighted by Gasteiger charge is 2.12. The van der Waals surface area contributed by atoms with E-state index in [1.54, 1.807) is 24.5 Å². The van der Waals surface area contributed by atoms with Crippen LogP contribution in [-0.2, 0) is 4.79 Å². The van der Waals surface area contributed by atoms with Crippen molar-refractivity contribution in [2.45, 2.75) is 27.7 Å². The molecule has 0 radical (unpaired) electrons. The van der Waals surface area contributed by atoms with Crippen molar-refractivity contribution in [3.63, 3.8) is 0 Å². The SMILES string of the molecule is CC.CC(=O)Nc1cc(-c2[nH]c3cc(C#N)cnc3c2C)ccn1. The third-order valence-electron chi connectivity index (χ3n) is 3.36. The number of rotatable bonds is 2. The number of nitriles is 1. The van der Waals surface area contributed by atoms with Gasteiger partial charge in [-0.2, -0.15) is 5.26 Å². The molecule has 3 aromatic heterocycles. The van der Waals surface area contributed by atoms with E-state index in [9.17, 15) is 4.79 Å². The molecule has 0 fully saturated rings. The zero-order valence-electron chi connectivity index (χ0n) is 14.1. The predicted octanol–water partition coefficient (Wildman–Crippen LogP) is 3.79. The summed E-state index contributed by atoms with van der Waals surface area (Å²) in [5.41, 5.74) is 4.92. The summed E-state index contributed by atoms with van der Waals surface area (Å²) < 4.78 is 0. The topological polar surface area (TPSA) is 94.5 Å². The number of aromatic nitrogens is 3.